The standard InChI is InChI=1S/C16H23Cl2N/c1-4-8-19-15(12-10-16(12,2)3)9-11-13(17)6-5-7-14(11)18/h5-7,12,15,19H,4,8-10H2,1-3H3. The van der Waals surface area contributed by atoms with Crippen molar-refractivity contribution in [2.75, 3.05) is 6.54 Å². The molecule has 1 N–H and O–H groups in total. The van der Waals surface area contributed by atoms with E-state index in [0.717, 1.165) is 40.9 Å². The fourth-order valence-electron chi connectivity index (χ4n) is 2.83. The Balaban J connectivity index is 2.12. The Morgan fingerprint density at radius 3 is 2.37 bits per heavy atom. The van der Waals surface area contributed by atoms with Crippen LogP contribution < -0.4 is 5.32 Å². The lowest BCUT2D eigenvalue weighted by molar-refractivity contribution is 0.402. The molecule has 1 aromatic carbocycles. The van der Waals surface area contributed by atoms with E-state index in [9.17, 15) is 0 Å². The molecule has 106 valence electrons. The largest absolute Gasteiger partial charge is 0.313 e. The molecular formula is C16H23Cl2N. The fourth-order valence-corrected chi connectivity index (χ4v) is 3.38. The van der Waals surface area contributed by atoms with Crippen molar-refractivity contribution in [1.82, 2.24) is 5.32 Å². The summed E-state index contributed by atoms with van der Waals surface area (Å²) in [4.78, 5) is 0. The monoisotopic (exact) mass is 299 g/mol. The van der Waals surface area contributed by atoms with Crippen molar-refractivity contribution in [2.24, 2.45) is 11.3 Å². The van der Waals surface area contributed by atoms with Gasteiger partial charge in [-0.1, -0.05) is 50.0 Å². The highest BCUT2D eigenvalue weighted by molar-refractivity contribution is 6.36. The third-order valence-corrected chi connectivity index (χ3v) is 4.93. The van der Waals surface area contributed by atoms with E-state index in [2.05, 4.69) is 26.1 Å². The highest BCUT2D eigenvalue weighted by Crippen LogP contribution is 2.54. The van der Waals surface area contributed by atoms with Gasteiger partial charge in [-0.15, -0.1) is 0 Å². The van der Waals surface area contributed by atoms with Gasteiger partial charge in [0.25, 0.3) is 0 Å². The summed E-state index contributed by atoms with van der Waals surface area (Å²) in [6, 6.07) is 6.24. The quantitative estimate of drug-likeness (QED) is 0.783. The molecule has 0 saturated heterocycles. The summed E-state index contributed by atoms with van der Waals surface area (Å²) in [5.41, 5.74) is 1.54. The van der Waals surface area contributed by atoms with Gasteiger partial charge in [-0.2, -0.15) is 0 Å². The second-order valence-electron chi connectivity index (χ2n) is 6.26. The summed E-state index contributed by atoms with van der Waals surface area (Å²) < 4.78 is 0. The molecule has 1 aromatic rings. The van der Waals surface area contributed by atoms with Gasteiger partial charge in [0.15, 0.2) is 0 Å². The highest BCUT2D eigenvalue weighted by atomic mass is 35.5. The lowest BCUT2D eigenvalue weighted by atomic mass is 9.97. The van der Waals surface area contributed by atoms with Gasteiger partial charge in [0.2, 0.25) is 0 Å². The molecule has 0 radical (unpaired) electrons. The molecule has 2 atom stereocenters. The van der Waals surface area contributed by atoms with E-state index >= 15 is 0 Å². The molecular weight excluding hydrogens is 277 g/mol. The summed E-state index contributed by atoms with van der Waals surface area (Å²) in [5, 5.41) is 5.25. The maximum atomic E-state index is 6.29. The highest BCUT2D eigenvalue weighted by Gasteiger charge is 2.49. The van der Waals surface area contributed by atoms with Crippen molar-refractivity contribution < 1.29 is 0 Å². The van der Waals surface area contributed by atoms with E-state index in [1.165, 1.54) is 6.42 Å². The zero-order valence-electron chi connectivity index (χ0n) is 12.0. The van der Waals surface area contributed by atoms with Gasteiger partial charge in [-0.05, 0) is 54.8 Å². The lowest BCUT2D eigenvalue weighted by Crippen LogP contribution is -2.35. The van der Waals surface area contributed by atoms with Crippen LogP contribution in [0.1, 0.15) is 39.2 Å². The van der Waals surface area contributed by atoms with E-state index in [0.29, 0.717) is 11.5 Å². The second-order valence-corrected chi connectivity index (χ2v) is 7.08. The van der Waals surface area contributed by atoms with E-state index in [1.807, 2.05) is 18.2 Å². The maximum Gasteiger partial charge on any atom is 0.0453 e. The van der Waals surface area contributed by atoms with Crippen molar-refractivity contribution >= 4 is 23.2 Å². The van der Waals surface area contributed by atoms with Gasteiger partial charge >= 0.3 is 0 Å². The van der Waals surface area contributed by atoms with Crippen molar-refractivity contribution in [3.8, 4) is 0 Å². The number of halogens is 2. The second kappa shape index (κ2) is 6.03. The molecule has 1 saturated carbocycles. The molecule has 0 spiro atoms. The molecule has 2 rings (SSSR count). The van der Waals surface area contributed by atoms with Crippen LogP contribution in [0.4, 0.5) is 0 Å². The number of rotatable bonds is 6. The van der Waals surface area contributed by atoms with Gasteiger partial charge < -0.3 is 5.32 Å². The van der Waals surface area contributed by atoms with Gasteiger partial charge in [0, 0.05) is 16.1 Å². The number of hydrogen-bond acceptors (Lipinski definition) is 1. The van der Waals surface area contributed by atoms with E-state index in [1.54, 1.807) is 0 Å². The molecule has 1 nitrogen and oxygen atoms in total. The average Bonchev–Trinajstić information content (AvgIpc) is 2.97. The lowest BCUT2D eigenvalue weighted by Gasteiger charge is -2.21. The van der Waals surface area contributed by atoms with Crippen molar-refractivity contribution in [2.45, 2.75) is 46.1 Å². The van der Waals surface area contributed by atoms with Crippen LogP contribution in [0, 0.1) is 11.3 Å². The molecule has 1 fully saturated rings. The molecule has 1 aliphatic rings. The zero-order valence-corrected chi connectivity index (χ0v) is 13.5. The average molecular weight is 300 g/mol. The Bertz CT molecular complexity index is 422. The normalized spacial score (nSPS) is 22.3. The first kappa shape index (κ1) is 15.2. The van der Waals surface area contributed by atoms with Gasteiger partial charge in [0.1, 0.15) is 0 Å². The molecule has 3 heteroatoms. The van der Waals surface area contributed by atoms with Gasteiger partial charge in [-0.25, -0.2) is 0 Å². The van der Waals surface area contributed by atoms with Crippen molar-refractivity contribution in [1.29, 1.82) is 0 Å². The predicted molar refractivity (Wildman–Crippen MR) is 84.1 cm³/mol. The van der Waals surface area contributed by atoms with Crippen LogP contribution in [0.3, 0.4) is 0 Å². The maximum absolute atomic E-state index is 6.29. The summed E-state index contributed by atoms with van der Waals surface area (Å²) in [6.45, 7) is 7.93. The first-order valence-electron chi connectivity index (χ1n) is 7.12. The molecule has 0 bridgehead atoms. The molecule has 0 aliphatic heterocycles. The molecule has 1 aliphatic carbocycles. The first-order chi connectivity index (χ1) is 8.95. The Kier molecular flexibility index (Phi) is 4.81. The van der Waals surface area contributed by atoms with E-state index in [-0.39, 0.29) is 0 Å². The van der Waals surface area contributed by atoms with Crippen LogP contribution in [-0.2, 0) is 6.42 Å². The topological polar surface area (TPSA) is 12.0 Å². The number of benzene rings is 1. The van der Waals surface area contributed by atoms with E-state index in [4.69, 9.17) is 23.2 Å². The fraction of sp³-hybridized carbons (Fsp3) is 0.625. The van der Waals surface area contributed by atoms with Crippen molar-refractivity contribution in [3.05, 3.63) is 33.8 Å². The third-order valence-electron chi connectivity index (χ3n) is 4.22. The van der Waals surface area contributed by atoms with Crippen LogP contribution in [0.5, 0.6) is 0 Å². The molecule has 0 aromatic heterocycles. The summed E-state index contributed by atoms with van der Waals surface area (Å²) in [7, 11) is 0. The third kappa shape index (κ3) is 3.65. The Morgan fingerprint density at radius 1 is 1.32 bits per heavy atom. The van der Waals surface area contributed by atoms with Crippen LogP contribution >= 0.6 is 23.2 Å². The number of hydrogen-bond donors (Lipinski definition) is 1. The Hall–Kier alpha value is -0.240. The van der Waals surface area contributed by atoms with Gasteiger partial charge in [-0.3, -0.25) is 0 Å². The molecule has 0 heterocycles. The predicted octanol–water partition coefficient (Wildman–Crippen LogP) is 4.95. The zero-order chi connectivity index (χ0) is 14.0. The van der Waals surface area contributed by atoms with E-state index < -0.39 is 0 Å². The number of nitrogens with one attached hydrogen (secondary N) is 1. The molecule has 0 amide bonds. The van der Waals surface area contributed by atoms with Crippen LogP contribution in [0.2, 0.25) is 10.0 Å². The SMILES string of the molecule is CCCNC(Cc1c(Cl)cccc1Cl)C1CC1(C)C. The smallest absolute Gasteiger partial charge is 0.0453 e. The first-order valence-corrected chi connectivity index (χ1v) is 7.87. The summed E-state index contributed by atoms with van der Waals surface area (Å²) >= 11 is 12.6. The molecule has 2 unspecified atom stereocenters. The van der Waals surface area contributed by atoms with Gasteiger partial charge in [0.05, 0.1) is 0 Å². The Morgan fingerprint density at radius 2 is 1.89 bits per heavy atom. The van der Waals surface area contributed by atoms with Crippen LogP contribution in [0.25, 0.3) is 0 Å². The minimum atomic E-state index is 0.457. The summed E-state index contributed by atoms with van der Waals surface area (Å²) in [6.07, 6.45) is 3.36. The van der Waals surface area contributed by atoms with Crippen LogP contribution in [-0.4, -0.2) is 12.6 Å². The minimum absolute atomic E-state index is 0.457. The van der Waals surface area contributed by atoms with Crippen molar-refractivity contribution in [3.63, 3.8) is 0 Å². The Labute approximate surface area is 126 Å². The summed E-state index contributed by atoms with van der Waals surface area (Å²) in [5.74, 6) is 0.728. The van der Waals surface area contributed by atoms with Crippen LogP contribution in [0.15, 0.2) is 18.2 Å². The molecule has 19 heavy (non-hydrogen) atoms. The minimum Gasteiger partial charge on any atom is -0.313 e.